The Morgan fingerprint density at radius 3 is 2.52 bits per heavy atom. The zero-order chi connectivity index (χ0) is 15.7. The predicted octanol–water partition coefficient (Wildman–Crippen LogP) is 1.52. The number of hydrogen-bond donors (Lipinski definition) is 2. The van der Waals surface area contributed by atoms with Crippen LogP contribution in [0.4, 0.5) is 14.6 Å². The Balaban J connectivity index is 0.00000106. The van der Waals surface area contributed by atoms with Crippen LogP contribution in [-0.2, 0) is 0 Å². The molecule has 1 fully saturated rings. The highest BCUT2D eigenvalue weighted by Crippen LogP contribution is 2.19. The number of anilines is 1. The minimum Gasteiger partial charge on any atom is -0.486 e. The summed E-state index contributed by atoms with van der Waals surface area (Å²) >= 11 is 0. The number of piperazine rings is 1. The van der Waals surface area contributed by atoms with Crippen molar-refractivity contribution in [2.75, 3.05) is 44.3 Å². The molecule has 0 spiro atoms. The van der Waals surface area contributed by atoms with Crippen molar-refractivity contribution in [2.45, 2.75) is 19.8 Å². The van der Waals surface area contributed by atoms with Crippen LogP contribution in [0.25, 0.3) is 0 Å². The first kappa shape index (κ1) is 17.6. The van der Waals surface area contributed by atoms with Crippen molar-refractivity contribution in [1.82, 2.24) is 10.3 Å². The number of nitrogens with one attached hydrogen (secondary N) is 1. The molecule has 21 heavy (non-hydrogen) atoms. The van der Waals surface area contributed by atoms with E-state index in [0.29, 0.717) is 0 Å². The third-order valence-electron chi connectivity index (χ3n) is 2.84. The fourth-order valence-corrected chi connectivity index (χ4v) is 1.77. The second kappa shape index (κ2) is 8.74. The Morgan fingerprint density at radius 2 is 2.00 bits per heavy atom. The van der Waals surface area contributed by atoms with Gasteiger partial charge in [0.05, 0.1) is 6.20 Å². The van der Waals surface area contributed by atoms with Gasteiger partial charge in [0, 0.05) is 26.2 Å². The molecule has 0 aliphatic carbocycles. The number of alkyl halides is 2. The van der Waals surface area contributed by atoms with Gasteiger partial charge in [0.1, 0.15) is 18.2 Å². The average molecular weight is 303 g/mol. The third-order valence-corrected chi connectivity index (χ3v) is 2.84. The lowest BCUT2D eigenvalue weighted by Gasteiger charge is -2.28. The first-order valence-corrected chi connectivity index (χ1v) is 7.14. The van der Waals surface area contributed by atoms with Gasteiger partial charge in [0.15, 0.2) is 6.61 Å². The molecule has 0 aromatic carbocycles. The van der Waals surface area contributed by atoms with Gasteiger partial charge in [-0.2, -0.15) is 0 Å². The molecule has 1 saturated heterocycles. The normalized spacial score (nSPS) is 15.2. The van der Waals surface area contributed by atoms with Gasteiger partial charge in [-0.25, -0.2) is 13.8 Å². The smallest absolute Gasteiger partial charge is 0.303 e. The number of ether oxygens (including phenoxy) is 1. The SMILES string of the molecule is CC.OCC(F)(F)COc1ccc(N2CCNCC2)nc1. The van der Waals surface area contributed by atoms with E-state index < -0.39 is 19.1 Å². The van der Waals surface area contributed by atoms with Crippen LogP contribution < -0.4 is 15.0 Å². The van der Waals surface area contributed by atoms with Crippen molar-refractivity contribution in [3.05, 3.63) is 18.3 Å². The second-order valence-corrected chi connectivity index (χ2v) is 4.39. The average Bonchev–Trinajstić information content (AvgIpc) is 2.56. The molecule has 0 saturated carbocycles. The zero-order valence-electron chi connectivity index (χ0n) is 12.5. The molecule has 0 amide bonds. The molecule has 1 aromatic heterocycles. The molecule has 0 radical (unpaired) electrons. The third kappa shape index (κ3) is 5.81. The molecule has 1 aromatic rings. The van der Waals surface area contributed by atoms with Crippen molar-refractivity contribution in [2.24, 2.45) is 0 Å². The van der Waals surface area contributed by atoms with E-state index in [1.54, 1.807) is 12.1 Å². The molecule has 7 heteroatoms. The Kier molecular flexibility index (Phi) is 7.31. The highest BCUT2D eigenvalue weighted by molar-refractivity contribution is 5.41. The molecular weight excluding hydrogens is 280 g/mol. The molecule has 0 bridgehead atoms. The van der Waals surface area contributed by atoms with Crippen LogP contribution in [0.2, 0.25) is 0 Å². The highest BCUT2D eigenvalue weighted by atomic mass is 19.3. The summed E-state index contributed by atoms with van der Waals surface area (Å²) in [5, 5.41) is 11.7. The van der Waals surface area contributed by atoms with Gasteiger partial charge >= 0.3 is 5.92 Å². The fourth-order valence-electron chi connectivity index (χ4n) is 1.77. The summed E-state index contributed by atoms with van der Waals surface area (Å²) in [6, 6.07) is 3.36. The van der Waals surface area contributed by atoms with E-state index in [2.05, 4.69) is 15.2 Å². The van der Waals surface area contributed by atoms with Crippen LogP contribution in [0, 0.1) is 0 Å². The maximum Gasteiger partial charge on any atom is 0.303 e. The van der Waals surface area contributed by atoms with E-state index in [0.717, 1.165) is 32.0 Å². The number of aliphatic hydroxyl groups is 1. The lowest BCUT2D eigenvalue weighted by Crippen LogP contribution is -2.43. The van der Waals surface area contributed by atoms with Crippen LogP contribution in [0.5, 0.6) is 5.75 Å². The molecule has 2 N–H and O–H groups in total. The first-order chi connectivity index (χ1) is 10.1. The van der Waals surface area contributed by atoms with Gasteiger partial charge in [-0.1, -0.05) is 13.8 Å². The summed E-state index contributed by atoms with van der Waals surface area (Å²) in [5.74, 6) is -2.15. The Bertz CT molecular complexity index is 396. The van der Waals surface area contributed by atoms with Crippen molar-refractivity contribution < 1.29 is 18.6 Å². The molecule has 5 nitrogen and oxygen atoms in total. The molecule has 0 unspecified atom stereocenters. The van der Waals surface area contributed by atoms with Crippen LogP contribution in [0.3, 0.4) is 0 Å². The van der Waals surface area contributed by atoms with Crippen molar-refractivity contribution in [3.8, 4) is 5.75 Å². The summed E-state index contributed by atoms with van der Waals surface area (Å²) in [4.78, 5) is 6.31. The van der Waals surface area contributed by atoms with E-state index in [-0.39, 0.29) is 5.75 Å². The standard InChI is InChI=1S/C12H17F2N3O2.C2H6/c13-12(14,8-18)9-19-10-1-2-11(16-7-10)17-5-3-15-4-6-17;1-2/h1-2,7,15,18H,3-6,8-9H2;1-2H3. The van der Waals surface area contributed by atoms with E-state index in [4.69, 9.17) is 9.84 Å². The molecular formula is C14H23F2N3O2. The van der Waals surface area contributed by atoms with Gasteiger partial charge in [-0.15, -0.1) is 0 Å². The Labute approximate surface area is 123 Å². The predicted molar refractivity (Wildman–Crippen MR) is 78.2 cm³/mol. The minimum absolute atomic E-state index is 0.270. The topological polar surface area (TPSA) is 57.6 Å². The summed E-state index contributed by atoms with van der Waals surface area (Å²) < 4.78 is 30.5. The quantitative estimate of drug-likeness (QED) is 0.864. The number of rotatable bonds is 5. The van der Waals surface area contributed by atoms with Gasteiger partial charge in [0.2, 0.25) is 0 Å². The molecule has 0 atom stereocenters. The van der Waals surface area contributed by atoms with E-state index in [9.17, 15) is 8.78 Å². The van der Waals surface area contributed by atoms with Crippen molar-refractivity contribution in [1.29, 1.82) is 0 Å². The zero-order valence-corrected chi connectivity index (χ0v) is 12.5. The summed E-state index contributed by atoms with van der Waals surface area (Å²) in [5.41, 5.74) is 0. The largest absolute Gasteiger partial charge is 0.486 e. The number of aliphatic hydroxyl groups excluding tert-OH is 1. The number of aromatic nitrogens is 1. The first-order valence-electron chi connectivity index (χ1n) is 7.14. The highest BCUT2D eigenvalue weighted by Gasteiger charge is 2.28. The fraction of sp³-hybridized carbons (Fsp3) is 0.643. The van der Waals surface area contributed by atoms with Crippen molar-refractivity contribution >= 4 is 5.82 Å². The maximum absolute atomic E-state index is 12.8. The molecule has 1 aliphatic heterocycles. The minimum atomic E-state index is -3.22. The maximum atomic E-state index is 12.8. The van der Waals surface area contributed by atoms with Crippen LogP contribution in [-0.4, -0.2) is 55.4 Å². The molecule has 2 rings (SSSR count). The number of hydrogen-bond acceptors (Lipinski definition) is 5. The van der Waals surface area contributed by atoms with Gasteiger partial charge < -0.3 is 20.1 Å². The molecule has 120 valence electrons. The van der Waals surface area contributed by atoms with E-state index in [1.807, 2.05) is 13.8 Å². The molecule has 2 heterocycles. The lowest BCUT2D eigenvalue weighted by molar-refractivity contribution is -0.0801. The summed E-state index contributed by atoms with van der Waals surface area (Å²) in [6.45, 7) is 5.48. The second-order valence-electron chi connectivity index (χ2n) is 4.39. The summed E-state index contributed by atoms with van der Waals surface area (Å²) in [6.07, 6.45) is 1.42. The van der Waals surface area contributed by atoms with Gasteiger partial charge in [-0.3, -0.25) is 0 Å². The number of nitrogens with zero attached hydrogens (tertiary/aromatic N) is 2. The van der Waals surface area contributed by atoms with Crippen LogP contribution >= 0.6 is 0 Å². The van der Waals surface area contributed by atoms with E-state index in [1.165, 1.54) is 6.20 Å². The Morgan fingerprint density at radius 1 is 1.33 bits per heavy atom. The van der Waals surface area contributed by atoms with Crippen LogP contribution in [0.1, 0.15) is 13.8 Å². The van der Waals surface area contributed by atoms with Gasteiger partial charge in [0.25, 0.3) is 0 Å². The molecule has 1 aliphatic rings. The summed E-state index contributed by atoms with van der Waals surface area (Å²) in [7, 11) is 0. The monoisotopic (exact) mass is 303 g/mol. The number of halogens is 2. The number of pyridine rings is 1. The Hall–Kier alpha value is -1.47. The van der Waals surface area contributed by atoms with Crippen molar-refractivity contribution in [3.63, 3.8) is 0 Å². The van der Waals surface area contributed by atoms with E-state index >= 15 is 0 Å². The van der Waals surface area contributed by atoms with Crippen LogP contribution in [0.15, 0.2) is 18.3 Å². The van der Waals surface area contributed by atoms with Gasteiger partial charge in [-0.05, 0) is 12.1 Å². The lowest BCUT2D eigenvalue weighted by atomic mass is 10.3.